The van der Waals surface area contributed by atoms with E-state index in [0.29, 0.717) is 0 Å². The van der Waals surface area contributed by atoms with Crippen LogP contribution in [0.4, 0.5) is 0 Å². The van der Waals surface area contributed by atoms with Crippen LogP contribution in [0, 0.1) is 0 Å². The van der Waals surface area contributed by atoms with E-state index in [1.807, 2.05) is 0 Å². The molecule has 0 bridgehead atoms. The van der Waals surface area contributed by atoms with Gasteiger partial charge in [-0.15, -0.1) is 0 Å². The Morgan fingerprint density at radius 1 is 0.733 bits per heavy atom. The summed E-state index contributed by atoms with van der Waals surface area (Å²) in [6.45, 7) is 12.2. The molecule has 2 atom stereocenters. The molecule has 11 nitrogen and oxygen atoms in total. The van der Waals surface area contributed by atoms with Crippen LogP contribution in [-0.4, -0.2) is 66.9 Å². The molecule has 0 aliphatic heterocycles. The van der Waals surface area contributed by atoms with Crippen LogP contribution in [0.1, 0.15) is 48.5 Å². The van der Waals surface area contributed by atoms with Crippen LogP contribution >= 0.6 is 15.2 Å². The number of hydrogen-bond donors (Lipinski definition) is 1. The standard InChI is InChI=1S/C9H19O5P.C7H15O5P.Na.H2O/c1-5-12-9(10)8(4)15(11,13-6-2)14-7-3;1-4-11-13(10,12-5-2)6(3)7(8)9;;/h8H,5-7H2,1-4H3;6H,4-5H2,1-3H3,(H,8,9);;1H2/q;;+1;/p-1. The first-order chi connectivity index (χ1) is 13.0. The van der Waals surface area contributed by atoms with Gasteiger partial charge in [-0.3, -0.25) is 18.7 Å². The van der Waals surface area contributed by atoms with Gasteiger partial charge in [-0.25, -0.2) is 0 Å². The summed E-state index contributed by atoms with van der Waals surface area (Å²) < 4.78 is 48.3. The molecule has 0 aromatic heterocycles. The fourth-order valence-electron chi connectivity index (χ4n) is 1.77. The molecule has 0 saturated carbocycles. The van der Waals surface area contributed by atoms with E-state index in [0.717, 1.165) is 0 Å². The van der Waals surface area contributed by atoms with Crippen molar-refractivity contribution in [3.63, 3.8) is 0 Å². The second-order valence-electron chi connectivity index (χ2n) is 5.19. The van der Waals surface area contributed by atoms with Crippen LogP contribution < -0.4 is 29.6 Å². The molecule has 0 aliphatic carbocycles. The van der Waals surface area contributed by atoms with Gasteiger partial charge >= 0.3 is 56.7 Å². The summed E-state index contributed by atoms with van der Waals surface area (Å²) in [6, 6.07) is 0. The van der Waals surface area contributed by atoms with E-state index in [1.165, 1.54) is 13.8 Å². The molecule has 0 rings (SSSR count). The Kier molecular flexibility index (Phi) is 24.8. The van der Waals surface area contributed by atoms with Crippen LogP contribution in [0.15, 0.2) is 0 Å². The van der Waals surface area contributed by atoms with Crippen LogP contribution in [-0.2, 0) is 41.6 Å². The van der Waals surface area contributed by atoms with Gasteiger partial charge < -0.3 is 33.4 Å². The van der Waals surface area contributed by atoms with E-state index >= 15 is 0 Å². The number of carbonyl (C=O) groups is 2. The summed E-state index contributed by atoms with van der Waals surface area (Å²) >= 11 is 0. The number of carboxylic acids is 1. The summed E-state index contributed by atoms with van der Waals surface area (Å²) in [5, 5.41) is 8.64. The number of hydrogen-bond acceptors (Lipinski definition) is 10. The van der Waals surface area contributed by atoms with Crippen molar-refractivity contribution in [1.29, 1.82) is 0 Å². The van der Waals surface area contributed by atoms with Crippen LogP contribution in [0.25, 0.3) is 0 Å². The first-order valence-electron chi connectivity index (χ1n) is 9.16. The molecule has 0 aromatic rings. The Bertz CT molecular complexity index is 539. The van der Waals surface area contributed by atoms with Crippen molar-refractivity contribution < 1.29 is 81.7 Å². The van der Waals surface area contributed by atoms with E-state index in [9.17, 15) is 18.7 Å². The third kappa shape index (κ3) is 13.6. The van der Waals surface area contributed by atoms with Crippen molar-refractivity contribution in [2.75, 3.05) is 33.0 Å². The quantitative estimate of drug-likeness (QED) is 0.221. The van der Waals surface area contributed by atoms with Crippen molar-refractivity contribution in [2.45, 2.75) is 59.8 Å². The molecule has 0 amide bonds. The average molecular weight is 488 g/mol. The van der Waals surface area contributed by atoms with Crippen LogP contribution in [0.2, 0.25) is 0 Å². The van der Waals surface area contributed by atoms with Gasteiger partial charge in [0.15, 0.2) is 11.3 Å². The van der Waals surface area contributed by atoms with Gasteiger partial charge in [0.1, 0.15) is 0 Å². The minimum atomic E-state index is -3.47. The number of ether oxygens (including phenoxy) is 1. The second kappa shape index (κ2) is 19.9. The van der Waals surface area contributed by atoms with E-state index < -0.39 is 38.4 Å². The van der Waals surface area contributed by atoms with Crippen LogP contribution in [0.3, 0.4) is 0 Å². The Hall–Kier alpha value is 0.200. The number of aliphatic carboxylic acids is 1. The maximum Gasteiger partial charge on any atom is 1.00 e. The van der Waals surface area contributed by atoms with E-state index in [4.69, 9.17) is 27.9 Å². The molecule has 0 aromatic carbocycles. The van der Waals surface area contributed by atoms with Crippen molar-refractivity contribution in [3.8, 4) is 0 Å². The Morgan fingerprint density at radius 2 is 1.03 bits per heavy atom. The maximum absolute atomic E-state index is 12.1. The minimum absolute atomic E-state index is 0. The minimum Gasteiger partial charge on any atom is -0.870 e. The predicted molar refractivity (Wildman–Crippen MR) is 107 cm³/mol. The Labute approximate surface area is 201 Å². The summed E-state index contributed by atoms with van der Waals surface area (Å²) in [5.41, 5.74) is -2.00. The molecule has 0 fully saturated rings. The summed E-state index contributed by atoms with van der Waals surface area (Å²) in [4.78, 5) is 21.9. The van der Waals surface area contributed by atoms with Crippen molar-refractivity contribution in [2.24, 2.45) is 0 Å². The second-order valence-corrected chi connectivity index (χ2v) is 9.93. The fraction of sp³-hybridized carbons (Fsp3) is 0.875. The predicted octanol–water partition coefficient (Wildman–Crippen LogP) is 0.757. The van der Waals surface area contributed by atoms with Crippen molar-refractivity contribution in [3.05, 3.63) is 0 Å². The number of rotatable bonds is 13. The topological polar surface area (TPSA) is 165 Å². The largest absolute Gasteiger partial charge is 1.00 e. The van der Waals surface area contributed by atoms with Gasteiger partial charge in [-0.05, 0) is 48.5 Å². The van der Waals surface area contributed by atoms with E-state index in [1.54, 1.807) is 34.6 Å². The summed E-state index contributed by atoms with van der Waals surface area (Å²) in [5.74, 6) is -1.73. The molecular formula is C16H35NaO11P2. The van der Waals surface area contributed by atoms with E-state index in [2.05, 4.69) is 0 Å². The molecular weight excluding hydrogens is 453 g/mol. The summed E-state index contributed by atoms with van der Waals surface area (Å²) in [7, 11) is -6.84. The number of carbonyl (C=O) groups excluding carboxylic acids is 1. The molecule has 30 heavy (non-hydrogen) atoms. The Balaban J connectivity index is -0.000000213. The maximum atomic E-state index is 12.1. The normalized spacial score (nSPS) is 12.9. The van der Waals surface area contributed by atoms with Gasteiger partial charge in [0.2, 0.25) is 0 Å². The monoisotopic (exact) mass is 488 g/mol. The molecule has 176 valence electrons. The molecule has 0 heterocycles. The average Bonchev–Trinajstić information content (AvgIpc) is 2.61. The van der Waals surface area contributed by atoms with Gasteiger partial charge in [0.05, 0.1) is 33.0 Å². The number of carboxylic acid groups (broad SMARTS) is 1. The smallest absolute Gasteiger partial charge is 0.870 e. The molecule has 0 radical (unpaired) electrons. The molecule has 2 N–H and O–H groups in total. The molecule has 0 spiro atoms. The zero-order valence-corrected chi connectivity index (χ0v) is 22.9. The molecule has 2 unspecified atom stereocenters. The molecule has 0 aliphatic rings. The number of esters is 1. The molecule has 14 heteroatoms. The van der Waals surface area contributed by atoms with Gasteiger partial charge in [0, 0.05) is 0 Å². The van der Waals surface area contributed by atoms with E-state index in [-0.39, 0.29) is 68.1 Å². The molecule has 0 saturated heterocycles. The van der Waals surface area contributed by atoms with Gasteiger partial charge in [-0.2, -0.15) is 0 Å². The Morgan fingerprint density at radius 3 is 1.27 bits per heavy atom. The fourth-order valence-corrected chi connectivity index (χ4v) is 4.86. The third-order valence-electron chi connectivity index (χ3n) is 3.17. The third-order valence-corrected chi connectivity index (χ3v) is 7.97. The zero-order chi connectivity index (χ0) is 22.4. The van der Waals surface area contributed by atoms with Crippen LogP contribution in [0.5, 0.6) is 0 Å². The van der Waals surface area contributed by atoms with Crippen molar-refractivity contribution >= 4 is 27.1 Å². The zero-order valence-electron chi connectivity index (χ0n) is 19.2. The first kappa shape index (κ1) is 37.5. The summed E-state index contributed by atoms with van der Waals surface area (Å²) in [6.07, 6.45) is 0. The van der Waals surface area contributed by atoms with Crippen molar-refractivity contribution in [1.82, 2.24) is 0 Å². The van der Waals surface area contributed by atoms with Gasteiger partial charge in [0.25, 0.3) is 0 Å². The first-order valence-corrected chi connectivity index (χ1v) is 12.4. The van der Waals surface area contributed by atoms with Gasteiger partial charge in [-0.1, -0.05) is 0 Å². The SMILES string of the molecule is CCOC(=O)C(C)P(=O)(OCC)OCC.CCOP(=O)(OCC)C(C)C(=O)O.[Na+].[OH-].